The minimum Gasteiger partial charge on any atom is -0.489 e. The highest BCUT2D eigenvalue weighted by atomic mass is 16.6. The molecule has 1 saturated heterocycles. The van der Waals surface area contributed by atoms with Crippen LogP contribution in [0.2, 0.25) is 0 Å². The Labute approximate surface area is 250 Å². The van der Waals surface area contributed by atoms with Gasteiger partial charge >= 0.3 is 5.97 Å². The maximum absolute atomic E-state index is 13.5. The molecule has 2 aliphatic heterocycles. The maximum Gasteiger partial charge on any atom is 0.309 e. The van der Waals surface area contributed by atoms with Crippen LogP contribution in [0.4, 0.5) is 11.4 Å². The Hall–Kier alpha value is -3.71. The third kappa shape index (κ3) is 7.77. The topological polar surface area (TPSA) is 72.1 Å². The van der Waals surface area contributed by atoms with Crippen molar-refractivity contribution in [1.29, 1.82) is 0 Å². The van der Waals surface area contributed by atoms with E-state index in [0.717, 1.165) is 54.4 Å². The first-order valence-corrected chi connectivity index (χ1v) is 15.2. The monoisotopic (exact) mass is 571 g/mol. The van der Waals surface area contributed by atoms with Gasteiger partial charge < -0.3 is 29.7 Å². The second-order valence-corrected chi connectivity index (χ2v) is 12.4. The number of carbonyl (C=O) groups is 1. The molecule has 42 heavy (non-hydrogen) atoms. The summed E-state index contributed by atoms with van der Waals surface area (Å²) in [5.41, 5.74) is 3.81. The van der Waals surface area contributed by atoms with Gasteiger partial charge in [-0.3, -0.25) is 4.79 Å². The van der Waals surface area contributed by atoms with Crippen molar-refractivity contribution >= 4 is 17.3 Å². The van der Waals surface area contributed by atoms with Gasteiger partial charge in [0, 0.05) is 6.54 Å². The summed E-state index contributed by atoms with van der Waals surface area (Å²) in [6.45, 7) is 11.4. The number of carbonyl (C=O) groups excluding carboxylic acids is 1. The molecular formula is C35H45N3O4. The zero-order chi connectivity index (χ0) is 29.5. The van der Waals surface area contributed by atoms with Crippen LogP contribution in [0.25, 0.3) is 0 Å². The predicted octanol–water partition coefficient (Wildman–Crippen LogP) is 6.56. The van der Waals surface area contributed by atoms with Gasteiger partial charge in [0.1, 0.15) is 42.2 Å². The molecule has 3 aromatic rings. The maximum atomic E-state index is 13.5. The van der Waals surface area contributed by atoms with Crippen molar-refractivity contribution < 1.29 is 19.0 Å². The van der Waals surface area contributed by atoms with Gasteiger partial charge in [-0.1, -0.05) is 54.1 Å². The number of aryl methyl sites for hydroxylation is 1. The van der Waals surface area contributed by atoms with E-state index in [1.807, 2.05) is 63.2 Å². The number of ether oxygens (including phenoxy) is 3. The highest BCUT2D eigenvalue weighted by Gasteiger charge is 2.37. The number of fused-ring (bicyclic) bond motifs is 1. The molecule has 7 nitrogen and oxygen atoms in total. The number of esters is 1. The number of anilines is 2. The Balaban J connectivity index is 1.38. The molecule has 0 amide bonds. The summed E-state index contributed by atoms with van der Waals surface area (Å²) in [4.78, 5) is 15.9. The Kier molecular flexibility index (Phi) is 9.58. The standard InChI is InChI=1S/C35H45N3O4/c1-25-13-15-28(16-14-25)40-24-32-37-30-11-8-12-31(41-23-26-9-6-5-7-10-26)33(30)38(32)22-19-29(27-17-20-36-21-18-27)34(39)42-35(2,3)4/h5-16,27,29,32,36-37H,17-24H2,1-4H3. The van der Waals surface area contributed by atoms with Crippen molar-refractivity contribution in [3.63, 3.8) is 0 Å². The van der Waals surface area contributed by atoms with Gasteiger partial charge in [-0.2, -0.15) is 0 Å². The van der Waals surface area contributed by atoms with E-state index in [4.69, 9.17) is 14.2 Å². The first-order valence-electron chi connectivity index (χ1n) is 15.2. The van der Waals surface area contributed by atoms with E-state index in [9.17, 15) is 4.79 Å². The van der Waals surface area contributed by atoms with Crippen LogP contribution >= 0.6 is 0 Å². The van der Waals surface area contributed by atoms with Crippen LogP contribution in [-0.4, -0.2) is 44.0 Å². The van der Waals surface area contributed by atoms with Crippen LogP contribution in [0.3, 0.4) is 0 Å². The zero-order valence-electron chi connectivity index (χ0n) is 25.4. The summed E-state index contributed by atoms with van der Waals surface area (Å²) in [6.07, 6.45) is 2.53. The predicted molar refractivity (Wildman–Crippen MR) is 168 cm³/mol. The number of piperidine rings is 1. The lowest BCUT2D eigenvalue weighted by atomic mass is 9.82. The molecule has 1 fully saturated rings. The molecule has 5 rings (SSSR count). The number of nitrogens with one attached hydrogen (secondary N) is 2. The average Bonchev–Trinajstić information content (AvgIpc) is 3.34. The third-order valence-corrected chi connectivity index (χ3v) is 7.99. The van der Waals surface area contributed by atoms with Gasteiger partial charge in [0.25, 0.3) is 0 Å². The third-order valence-electron chi connectivity index (χ3n) is 7.99. The molecule has 0 bridgehead atoms. The van der Waals surface area contributed by atoms with Gasteiger partial charge in [0.15, 0.2) is 0 Å². The fourth-order valence-electron chi connectivity index (χ4n) is 5.86. The number of hydrogen-bond acceptors (Lipinski definition) is 7. The van der Waals surface area contributed by atoms with E-state index in [1.54, 1.807) is 0 Å². The molecule has 2 atom stereocenters. The van der Waals surface area contributed by atoms with E-state index in [0.29, 0.717) is 32.1 Å². The van der Waals surface area contributed by atoms with E-state index in [-0.39, 0.29) is 18.1 Å². The summed E-state index contributed by atoms with van der Waals surface area (Å²) in [5.74, 6) is 1.68. The van der Waals surface area contributed by atoms with Gasteiger partial charge in [-0.15, -0.1) is 0 Å². The van der Waals surface area contributed by atoms with Crippen molar-refractivity contribution in [2.45, 2.75) is 65.3 Å². The quantitative estimate of drug-likeness (QED) is 0.253. The van der Waals surface area contributed by atoms with Gasteiger partial charge in [-0.25, -0.2) is 0 Å². The molecule has 2 unspecified atom stereocenters. The number of hydrogen-bond donors (Lipinski definition) is 2. The fraction of sp³-hybridized carbons (Fsp3) is 0.457. The number of nitrogens with zero attached hydrogens (tertiary/aromatic N) is 1. The van der Waals surface area contributed by atoms with Gasteiger partial charge in [0.2, 0.25) is 0 Å². The van der Waals surface area contributed by atoms with E-state index in [1.165, 1.54) is 5.56 Å². The molecule has 3 aromatic carbocycles. The first kappa shape index (κ1) is 29.8. The Morgan fingerprint density at radius 2 is 1.69 bits per heavy atom. The lowest BCUT2D eigenvalue weighted by Crippen LogP contribution is -2.44. The highest BCUT2D eigenvalue weighted by Crippen LogP contribution is 2.43. The number of rotatable bonds is 11. The highest BCUT2D eigenvalue weighted by molar-refractivity contribution is 5.82. The fourth-order valence-corrected chi connectivity index (χ4v) is 5.86. The van der Waals surface area contributed by atoms with Crippen molar-refractivity contribution in [3.8, 4) is 11.5 Å². The van der Waals surface area contributed by atoms with Crippen LogP contribution in [0.5, 0.6) is 11.5 Å². The summed E-state index contributed by atoms with van der Waals surface area (Å²) < 4.78 is 18.6. The first-order chi connectivity index (χ1) is 20.3. The Bertz CT molecular complexity index is 1300. The largest absolute Gasteiger partial charge is 0.489 e. The normalized spacial score (nSPS) is 17.7. The lowest BCUT2D eigenvalue weighted by molar-refractivity contribution is -0.162. The minimum absolute atomic E-state index is 0.0946. The molecule has 0 aliphatic carbocycles. The molecule has 0 saturated carbocycles. The van der Waals surface area contributed by atoms with Crippen LogP contribution < -0.4 is 25.0 Å². The van der Waals surface area contributed by atoms with Crippen molar-refractivity contribution in [2.75, 3.05) is 36.5 Å². The smallest absolute Gasteiger partial charge is 0.309 e. The molecule has 0 radical (unpaired) electrons. The van der Waals surface area contributed by atoms with Gasteiger partial charge in [0.05, 0.1) is 11.6 Å². The second kappa shape index (κ2) is 13.5. The molecule has 224 valence electrons. The summed E-state index contributed by atoms with van der Waals surface area (Å²) in [6, 6.07) is 24.5. The summed E-state index contributed by atoms with van der Waals surface area (Å²) >= 11 is 0. The van der Waals surface area contributed by atoms with Crippen LogP contribution in [-0.2, 0) is 16.1 Å². The molecule has 2 N–H and O–H groups in total. The summed E-state index contributed by atoms with van der Waals surface area (Å²) in [5, 5.41) is 7.11. The van der Waals surface area contributed by atoms with Crippen molar-refractivity contribution in [3.05, 3.63) is 83.9 Å². The zero-order valence-corrected chi connectivity index (χ0v) is 25.4. The molecule has 7 heteroatoms. The second-order valence-electron chi connectivity index (χ2n) is 12.4. The molecular weight excluding hydrogens is 526 g/mol. The molecule has 2 aliphatic rings. The van der Waals surface area contributed by atoms with Crippen LogP contribution in [0, 0.1) is 18.8 Å². The SMILES string of the molecule is Cc1ccc(OCC2Nc3cccc(OCc4ccccc4)c3N2CCC(C(=O)OC(C)(C)C)C2CCNCC2)cc1. The van der Waals surface area contributed by atoms with E-state index in [2.05, 4.69) is 52.8 Å². The van der Waals surface area contributed by atoms with Gasteiger partial charge in [-0.05, 0) is 95.8 Å². The van der Waals surface area contributed by atoms with E-state index >= 15 is 0 Å². The number of para-hydroxylation sites is 1. The Morgan fingerprint density at radius 3 is 2.40 bits per heavy atom. The van der Waals surface area contributed by atoms with E-state index < -0.39 is 5.60 Å². The minimum atomic E-state index is -0.521. The lowest BCUT2D eigenvalue weighted by Gasteiger charge is -2.34. The molecule has 0 spiro atoms. The Morgan fingerprint density at radius 1 is 0.952 bits per heavy atom. The molecule has 2 heterocycles. The average molecular weight is 572 g/mol. The van der Waals surface area contributed by atoms with Crippen molar-refractivity contribution in [1.82, 2.24) is 5.32 Å². The number of benzene rings is 3. The molecule has 0 aromatic heterocycles. The van der Waals surface area contributed by atoms with Crippen molar-refractivity contribution in [2.24, 2.45) is 11.8 Å². The summed E-state index contributed by atoms with van der Waals surface area (Å²) in [7, 11) is 0. The van der Waals surface area contributed by atoms with Crippen LogP contribution in [0.1, 0.15) is 51.2 Å². The van der Waals surface area contributed by atoms with Crippen LogP contribution in [0.15, 0.2) is 72.8 Å².